The highest BCUT2D eigenvalue weighted by Gasteiger charge is 2.24. The number of hydrogen-bond donors (Lipinski definition) is 2. The molecule has 0 saturated carbocycles. The highest BCUT2D eigenvalue weighted by molar-refractivity contribution is 7.98. The molecule has 0 spiro atoms. The van der Waals surface area contributed by atoms with E-state index in [4.69, 9.17) is 0 Å². The lowest BCUT2D eigenvalue weighted by atomic mass is 10.1. The van der Waals surface area contributed by atoms with Crippen LogP contribution in [-0.2, 0) is 0 Å². The largest absolute Gasteiger partial charge is 0.388 e. The van der Waals surface area contributed by atoms with Gasteiger partial charge in [0.25, 0.3) is 0 Å². The monoisotopic (exact) mass is 218 g/mol. The van der Waals surface area contributed by atoms with E-state index < -0.39 is 5.60 Å². The van der Waals surface area contributed by atoms with Crippen molar-refractivity contribution in [3.63, 3.8) is 0 Å². The molecular weight excluding hydrogens is 196 g/mol. The Hall–Kier alpha value is 0.230. The van der Waals surface area contributed by atoms with Gasteiger partial charge in [-0.1, -0.05) is 0 Å². The molecule has 1 saturated heterocycles. The summed E-state index contributed by atoms with van der Waals surface area (Å²) >= 11 is 1.69. The van der Waals surface area contributed by atoms with Crippen LogP contribution >= 0.6 is 11.8 Å². The van der Waals surface area contributed by atoms with E-state index in [-0.39, 0.29) is 0 Å². The van der Waals surface area contributed by atoms with Gasteiger partial charge >= 0.3 is 0 Å². The lowest BCUT2D eigenvalue weighted by Gasteiger charge is -2.25. The molecule has 84 valence electrons. The first-order valence-electron chi connectivity index (χ1n) is 5.17. The SMILES string of the molecule is CSCC(C)(O)CNC1CCN(C)C1. The lowest BCUT2D eigenvalue weighted by Crippen LogP contribution is -2.44. The maximum Gasteiger partial charge on any atom is 0.0833 e. The Bertz CT molecular complexity index is 176. The number of likely N-dealkylation sites (N-methyl/N-ethyl adjacent to an activating group) is 1. The van der Waals surface area contributed by atoms with E-state index in [9.17, 15) is 5.11 Å². The number of nitrogens with zero attached hydrogens (tertiary/aromatic N) is 1. The van der Waals surface area contributed by atoms with Gasteiger partial charge in [-0.3, -0.25) is 0 Å². The molecule has 0 radical (unpaired) electrons. The first-order chi connectivity index (χ1) is 6.53. The van der Waals surface area contributed by atoms with Crippen molar-refractivity contribution in [1.82, 2.24) is 10.2 Å². The normalized spacial score (nSPS) is 27.9. The molecule has 0 amide bonds. The van der Waals surface area contributed by atoms with Crippen LogP contribution in [0, 0.1) is 0 Å². The van der Waals surface area contributed by atoms with Crippen LogP contribution in [0.5, 0.6) is 0 Å². The second-order valence-corrected chi connectivity index (χ2v) is 5.42. The Labute approximate surface area is 91.2 Å². The van der Waals surface area contributed by atoms with Crippen LogP contribution in [-0.4, -0.2) is 60.3 Å². The summed E-state index contributed by atoms with van der Waals surface area (Å²) in [6.07, 6.45) is 3.23. The van der Waals surface area contributed by atoms with Crippen molar-refractivity contribution in [1.29, 1.82) is 0 Å². The van der Waals surface area contributed by atoms with Gasteiger partial charge in [0.15, 0.2) is 0 Å². The molecule has 0 aromatic rings. The minimum atomic E-state index is -0.569. The van der Waals surface area contributed by atoms with Crippen LogP contribution in [0.25, 0.3) is 0 Å². The first-order valence-corrected chi connectivity index (χ1v) is 6.56. The topological polar surface area (TPSA) is 35.5 Å². The lowest BCUT2D eigenvalue weighted by molar-refractivity contribution is 0.0817. The zero-order chi connectivity index (χ0) is 10.6. The van der Waals surface area contributed by atoms with Crippen molar-refractivity contribution < 1.29 is 5.11 Å². The van der Waals surface area contributed by atoms with E-state index >= 15 is 0 Å². The van der Waals surface area contributed by atoms with Gasteiger partial charge in [0.1, 0.15) is 0 Å². The predicted molar refractivity (Wildman–Crippen MR) is 62.9 cm³/mol. The van der Waals surface area contributed by atoms with E-state index in [0.717, 1.165) is 12.3 Å². The Morgan fingerprint density at radius 1 is 1.64 bits per heavy atom. The smallest absolute Gasteiger partial charge is 0.0833 e. The summed E-state index contributed by atoms with van der Waals surface area (Å²) in [6, 6.07) is 0.563. The standard InChI is InChI=1S/C10H22N2OS/c1-10(13,8-14-3)7-11-9-4-5-12(2)6-9/h9,11,13H,4-8H2,1-3H3. The Kier molecular flexibility index (Phi) is 4.70. The highest BCUT2D eigenvalue weighted by atomic mass is 32.2. The summed E-state index contributed by atoms with van der Waals surface area (Å²) in [7, 11) is 2.14. The molecule has 2 atom stereocenters. The molecule has 0 bridgehead atoms. The van der Waals surface area contributed by atoms with Crippen LogP contribution in [0.2, 0.25) is 0 Å². The van der Waals surface area contributed by atoms with Crippen LogP contribution < -0.4 is 5.32 Å². The Balaban J connectivity index is 2.19. The van der Waals surface area contributed by atoms with Crippen LogP contribution in [0.3, 0.4) is 0 Å². The number of thioether (sulfide) groups is 1. The predicted octanol–water partition coefficient (Wildman–Crippen LogP) is 0.394. The average molecular weight is 218 g/mol. The summed E-state index contributed by atoms with van der Waals surface area (Å²) in [5.41, 5.74) is -0.569. The molecule has 1 rings (SSSR count). The van der Waals surface area contributed by atoms with E-state index in [2.05, 4.69) is 17.3 Å². The molecule has 14 heavy (non-hydrogen) atoms. The van der Waals surface area contributed by atoms with Gasteiger partial charge in [0.2, 0.25) is 0 Å². The minimum absolute atomic E-state index is 0.563. The average Bonchev–Trinajstić information content (AvgIpc) is 2.48. The maximum absolute atomic E-state index is 9.94. The second-order valence-electron chi connectivity index (χ2n) is 4.56. The maximum atomic E-state index is 9.94. The Morgan fingerprint density at radius 2 is 2.36 bits per heavy atom. The van der Waals surface area contributed by atoms with Crippen LogP contribution in [0.15, 0.2) is 0 Å². The van der Waals surface area contributed by atoms with Crippen molar-refractivity contribution in [3.05, 3.63) is 0 Å². The van der Waals surface area contributed by atoms with E-state index in [1.165, 1.54) is 13.0 Å². The molecule has 3 nitrogen and oxygen atoms in total. The van der Waals surface area contributed by atoms with E-state index in [1.807, 2.05) is 13.2 Å². The fraction of sp³-hybridized carbons (Fsp3) is 1.00. The second kappa shape index (κ2) is 5.35. The Morgan fingerprint density at radius 3 is 2.86 bits per heavy atom. The van der Waals surface area contributed by atoms with E-state index in [1.54, 1.807) is 11.8 Å². The number of hydrogen-bond acceptors (Lipinski definition) is 4. The van der Waals surface area contributed by atoms with Crippen molar-refractivity contribution >= 4 is 11.8 Å². The van der Waals surface area contributed by atoms with Crippen LogP contribution in [0.1, 0.15) is 13.3 Å². The van der Waals surface area contributed by atoms with Gasteiger partial charge < -0.3 is 15.3 Å². The molecule has 0 aromatic heterocycles. The van der Waals surface area contributed by atoms with Gasteiger partial charge in [-0.05, 0) is 33.2 Å². The zero-order valence-electron chi connectivity index (χ0n) is 9.42. The number of nitrogens with one attached hydrogen (secondary N) is 1. The summed E-state index contributed by atoms with van der Waals surface area (Å²) in [4.78, 5) is 2.32. The molecule has 2 unspecified atom stereocenters. The third-order valence-electron chi connectivity index (χ3n) is 2.62. The quantitative estimate of drug-likeness (QED) is 0.700. The van der Waals surface area contributed by atoms with Gasteiger partial charge in [-0.25, -0.2) is 0 Å². The summed E-state index contributed by atoms with van der Waals surface area (Å²) in [6.45, 7) is 4.87. The summed E-state index contributed by atoms with van der Waals surface area (Å²) in [5.74, 6) is 0.794. The molecule has 0 aromatic carbocycles. The number of aliphatic hydroxyl groups is 1. The molecular formula is C10H22N2OS. The molecule has 2 N–H and O–H groups in total. The summed E-state index contributed by atoms with van der Waals surface area (Å²) in [5, 5.41) is 13.4. The van der Waals surface area contributed by atoms with Gasteiger partial charge in [-0.15, -0.1) is 0 Å². The van der Waals surface area contributed by atoms with Crippen molar-refractivity contribution in [2.24, 2.45) is 0 Å². The van der Waals surface area contributed by atoms with Crippen LogP contribution in [0.4, 0.5) is 0 Å². The summed E-state index contributed by atoms with van der Waals surface area (Å²) < 4.78 is 0. The van der Waals surface area contributed by atoms with Gasteiger partial charge in [0, 0.05) is 24.9 Å². The molecule has 1 heterocycles. The molecule has 1 aliphatic heterocycles. The van der Waals surface area contributed by atoms with Gasteiger partial charge in [0.05, 0.1) is 5.60 Å². The van der Waals surface area contributed by atoms with Crippen molar-refractivity contribution in [2.75, 3.05) is 38.7 Å². The third-order valence-corrected chi connectivity index (χ3v) is 3.53. The number of likely N-dealkylation sites (tertiary alicyclic amines) is 1. The molecule has 1 fully saturated rings. The van der Waals surface area contributed by atoms with Crippen molar-refractivity contribution in [2.45, 2.75) is 25.0 Å². The fourth-order valence-corrected chi connectivity index (χ4v) is 2.55. The number of rotatable bonds is 5. The molecule has 1 aliphatic rings. The third kappa shape index (κ3) is 4.17. The fourth-order valence-electron chi connectivity index (χ4n) is 1.83. The minimum Gasteiger partial charge on any atom is -0.388 e. The first kappa shape index (κ1) is 12.3. The molecule has 4 heteroatoms. The van der Waals surface area contributed by atoms with E-state index in [0.29, 0.717) is 12.6 Å². The molecule has 0 aliphatic carbocycles. The zero-order valence-corrected chi connectivity index (χ0v) is 10.2. The van der Waals surface area contributed by atoms with Gasteiger partial charge in [-0.2, -0.15) is 11.8 Å². The highest BCUT2D eigenvalue weighted by Crippen LogP contribution is 2.11. The van der Waals surface area contributed by atoms with Crippen molar-refractivity contribution in [3.8, 4) is 0 Å².